The molecule has 0 aliphatic rings. The van der Waals surface area contributed by atoms with E-state index < -0.39 is 5.97 Å². The van der Waals surface area contributed by atoms with E-state index in [1.54, 1.807) is 0 Å². The quantitative estimate of drug-likeness (QED) is 0.114. The molecule has 0 amide bonds. The second-order valence-corrected chi connectivity index (χ2v) is 8.33. The van der Waals surface area contributed by atoms with Crippen molar-refractivity contribution in [2.45, 2.75) is 126 Å². The lowest BCUT2D eigenvalue weighted by Gasteiger charge is -2.01. The maximum Gasteiger partial charge on any atom is 1.00 e. The number of Topliss-reactive ketones (excluding diaryl/α,β-unsaturated/α-hetero) is 3. The molecule has 244 valence electrons. The highest BCUT2D eigenvalue weighted by Crippen LogP contribution is 1.97. The van der Waals surface area contributed by atoms with E-state index in [2.05, 4.69) is 6.92 Å². The lowest BCUT2D eigenvalue weighted by Crippen LogP contribution is -2.07. The van der Waals surface area contributed by atoms with E-state index >= 15 is 0 Å². The summed E-state index contributed by atoms with van der Waals surface area (Å²) < 4.78 is 9.68. The van der Waals surface area contributed by atoms with Gasteiger partial charge in [-0.3, -0.25) is 19.2 Å². The number of hydrogen-bond donors (Lipinski definition) is 3. The van der Waals surface area contributed by atoms with E-state index in [0.29, 0.717) is 32.7 Å². The molecule has 0 heterocycles. The highest BCUT2D eigenvalue weighted by atomic mass is 16.5. The van der Waals surface area contributed by atoms with Gasteiger partial charge in [0, 0.05) is 25.9 Å². The minimum atomic E-state index is -0.916. The van der Waals surface area contributed by atoms with Crippen molar-refractivity contribution in [3.63, 3.8) is 0 Å². The number of hydrogen-bond acceptors (Lipinski definition) is 10. The molecule has 0 aromatic rings. The number of rotatable bonds is 17. The van der Waals surface area contributed by atoms with Crippen molar-refractivity contribution < 1.29 is 59.8 Å². The lowest BCUT2D eigenvalue weighted by atomic mass is 10.2. The molecule has 0 bridgehead atoms. The number of ether oxygens (including phenoxy) is 2. The Morgan fingerprint density at radius 1 is 0.634 bits per heavy atom. The molecule has 0 aromatic heterocycles. The molecule has 0 atom stereocenters. The first-order valence-electron chi connectivity index (χ1n) is 13.5. The minimum Gasteiger partial charge on any atom is -0.483 e. The SMILES string of the molecule is C.CC(=O)CCC(=O)O.CCCCO.CCCCOC(=O)CCC(C)=O.CCCCOC(=O)CCC(C)=O.O=CO.[H+]. The third-order valence-corrected chi connectivity index (χ3v) is 4.09. The van der Waals surface area contributed by atoms with Gasteiger partial charge >= 0.3 is 19.3 Å². The summed E-state index contributed by atoms with van der Waals surface area (Å²) >= 11 is 0. The normalized spacial score (nSPS) is 8.56. The summed E-state index contributed by atoms with van der Waals surface area (Å²) in [4.78, 5) is 70.8. The van der Waals surface area contributed by atoms with Crippen LogP contribution in [-0.2, 0) is 43.0 Å². The summed E-state index contributed by atoms with van der Waals surface area (Å²) in [5.41, 5.74) is 0. The van der Waals surface area contributed by atoms with Crippen LogP contribution in [0.1, 0.15) is 127 Å². The van der Waals surface area contributed by atoms with Crippen molar-refractivity contribution in [2.24, 2.45) is 0 Å². The molecule has 0 fully saturated rings. The molecule has 12 heteroatoms. The van der Waals surface area contributed by atoms with Crippen LogP contribution in [0.3, 0.4) is 0 Å². The molecule has 0 saturated heterocycles. The first-order valence-corrected chi connectivity index (χ1v) is 13.5. The Bertz CT molecular complexity index is 615. The zero-order valence-electron chi connectivity index (χ0n) is 26.2. The summed E-state index contributed by atoms with van der Waals surface area (Å²) in [6, 6.07) is 0. The maximum atomic E-state index is 10.8. The van der Waals surface area contributed by atoms with E-state index in [1.807, 2.05) is 13.8 Å². The standard InChI is InChI=1S/2C9H16O3.C5H8O3.C4H10O.CH2O2.CH4/c2*1-3-4-7-12-9(11)6-5-8(2)10;1-4(6)2-3-5(7)8;1-2-3-4-5;2-1-3;/h2*3-7H2,1-2H3;2-3H2,1H3,(H,7,8);5H,2-4H2,1H3;1H,(H,2,3);1H4/p+1. The zero-order chi connectivity index (χ0) is 32.2. The van der Waals surface area contributed by atoms with Gasteiger partial charge in [-0.05, 0) is 40.0 Å². The lowest BCUT2D eigenvalue weighted by molar-refractivity contribution is -0.145. The Labute approximate surface area is 247 Å². The summed E-state index contributed by atoms with van der Waals surface area (Å²) in [6.07, 6.45) is 6.99. The smallest absolute Gasteiger partial charge is 0.483 e. The van der Waals surface area contributed by atoms with Crippen LogP contribution in [0.5, 0.6) is 0 Å². The van der Waals surface area contributed by atoms with Crippen LogP contribution in [0, 0.1) is 0 Å². The topological polar surface area (TPSA) is 199 Å². The second-order valence-electron chi connectivity index (χ2n) is 8.33. The zero-order valence-corrected chi connectivity index (χ0v) is 25.2. The number of ketones is 3. The van der Waals surface area contributed by atoms with Crippen molar-refractivity contribution in [1.82, 2.24) is 0 Å². The Morgan fingerprint density at radius 2 is 0.927 bits per heavy atom. The number of esters is 2. The number of carboxylic acids is 1. The van der Waals surface area contributed by atoms with Crippen LogP contribution in [-0.4, -0.2) is 76.9 Å². The molecular formula is C29H57O12+. The number of aliphatic carboxylic acids is 1. The molecule has 3 N–H and O–H groups in total. The number of aliphatic hydroxyl groups excluding tert-OH is 1. The van der Waals surface area contributed by atoms with Crippen molar-refractivity contribution in [3.8, 4) is 0 Å². The highest BCUT2D eigenvalue weighted by molar-refractivity contribution is 5.81. The van der Waals surface area contributed by atoms with Gasteiger partial charge in [0.2, 0.25) is 0 Å². The van der Waals surface area contributed by atoms with Crippen LogP contribution < -0.4 is 0 Å². The van der Waals surface area contributed by atoms with E-state index in [-0.39, 0.29) is 70.3 Å². The summed E-state index contributed by atoms with van der Waals surface area (Å²) in [7, 11) is 0. The van der Waals surface area contributed by atoms with E-state index in [4.69, 9.17) is 29.6 Å². The van der Waals surface area contributed by atoms with Gasteiger partial charge in [0.05, 0.1) is 32.5 Å². The fraction of sp³-hybridized carbons (Fsp3) is 0.759. The Kier molecular flexibility index (Phi) is 54.2. The molecule has 0 rings (SSSR count). The Morgan fingerprint density at radius 3 is 1.10 bits per heavy atom. The van der Waals surface area contributed by atoms with Gasteiger partial charge < -0.3 is 39.2 Å². The molecule has 0 unspecified atom stereocenters. The van der Waals surface area contributed by atoms with Gasteiger partial charge in [0.1, 0.15) is 17.3 Å². The molecule has 12 nitrogen and oxygen atoms in total. The van der Waals surface area contributed by atoms with Crippen LogP contribution in [0.4, 0.5) is 0 Å². The van der Waals surface area contributed by atoms with Crippen LogP contribution in [0.2, 0.25) is 0 Å². The number of carboxylic acid groups (broad SMARTS) is 2. The van der Waals surface area contributed by atoms with E-state index in [1.165, 1.54) is 20.8 Å². The Balaban J connectivity index is -0.0000000769. The van der Waals surface area contributed by atoms with Gasteiger partial charge in [0.15, 0.2) is 0 Å². The maximum absolute atomic E-state index is 10.8. The van der Waals surface area contributed by atoms with Crippen molar-refractivity contribution in [2.75, 3.05) is 19.8 Å². The average Bonchev–Trinajstić information content (AvgIpc) is 2.87. The third kappa shape index (κ3) is 78.7. The molecule has 41 heavy (non-hydrogen) atoms. The number of aliphatic hydroxyl groups is 1. The molecule has 0 aliphatic carbocycles. The van der Waals surface area contributed by atoms with Crippen LogP contribution >= 0.6 is 0 Å². The van der Waals surface area contributed by atoms with Crippen molar-refractivity contribution >= 4 is 41.7 Å². The van der Waals surface area contributed by atoms with Gasteiger partial charge in [-0.2, -0.15) is 0 Å². The monoisotopic (exact) mass is 597 g/mol. The third-order valence-electron chi connectivity index (χ3n) is 4.09. The predicted octanol–water partition coefficient (Wildman–Crippen LogP) is 5.07. The highest BCUT2D eigenvalue weighted by Gasteiger charge is 2.04. The van der Waals surface area contributed by atoms with Gasteiger partial charge in [-0.25, -0.2) is 0 Å². The first kappa shape index (κ1) is 50.7. The van der Waals surface area contributed by atoms with Crippen molar-refractivity contribution in [1.29, 1.82) is 0 Å². The molecule has 0 saturated carbocycles. The van der Waals surface area contributed by atoms with E-state index in [0.717, 1.165) is 38.5 Å². The van der Waals surface area contributed by atoms with E-state index in [9.17, 15) is 28.8 Å². The fourth-order valence-electron chi connectivity index (χ4n) is 1.80. The van der Waals surface area contributed by atoms with Gasteiger partial charge in [-0.15, -0.1) is 0 Å². The summed E-state index contributed by atoms with van der Waals surface area (Å²) in [5, 5.41) is 23.0. The second kappa shape index (κ2) is 43.9. The largest absolute Gasteiger partial charge is 1.00 e. The fourth-order valence-corrected chi connectivity index (χ4v) is 1.80. The summed E-state index contributed by atoms with van der Waals surface area (Å²) in [5.74, 6) is -1.46. The van der Waals surface area contributed by atoms with Gasteiger partial charge in [-0.1, -0.05) is 47.5 Å². The predicted molar refractivity (Wildman–Crippen MR) is 158 cm³/mol. The molecular weight excluding hydrogens is 540 g/mol. The number of carbonyl (C=O) groups excluding carboxylic acids is 5. The molecule has 0 aliphatic heterocycles. The first-order chi connectivity index (χ1) is 18.8. The Hall–Kier alpha value is -3.15. The van der Waals surface area contributed by atoms with Crippen LogP contribution in [0.15, 0.2) is 0 Å². The molecule has 0 aromatic carbocycles. The average molecular weight is 598 g/mol. The number of unbranched alkanes of at least 4 members (excludes halogenated alkanes) is 3. The minimum absolute atomic E-state index is 0. The van der Waals surface area contributed by atoms with Crippen molar-refractivity contribution in [3.05, 3.63) is 0 Å². The molecule has 0 radical (unpaired) electrons. The number of carbonyl (C=O) groups is 7. The molecule has 0 spiro atoms. The summed E-state index contributed by atoms with van der Waals surface area (Å²) in [6.45, 7) is 11.5. The van der Waals surface area contributed by atoms with Crippen LogP contribution in [0.25, 0.3) is 0 Å². The van der Waals surface area contributed by atoms with Gasteiger partial charge in [0.25, 0.3) is 6.47 Å².